The first kappa shape index (κ1) is 11.6. The van der Waals surface area contributed by atoms with E-state index < -0.39 is 0 Å². The summed E-state index contributed by atoms with van der Waals surface area (Å²) < 4.78 is 0. The van der Waals surface area contributed by atoms with Crippen LogP contribution in [0.2, 0.25) is 0 Å². The fraction of sp³-hybridized carbons (Fsp3) is 0.900. The molecule has 0 aliphatic carbocycles. The SMILES string of the molecule is N[C@@H]1CCCN(C(=O)C2CSCCS2)C1. The Labute approximate surface area is 99.5 Å². The third kappa shape index (κ3) is 3.04. The molecule has 2 fully saturated rings. The fourth-order valence-corrected chi connectivity index (χ4v) is 4.67. The molecule has 86 valence electrons. The van der Waals surface area contributed by atoms with Gasteiger partial charge in [-0.15, -0.1) is 11.8 Å². The number of carbonyl (C=O) groups is 1. The highest BCUT2D eigenvalue weighted by atomic mass is 32.2. The van der Waals surface area contributed by atoms with Crippen LogP contribution in [0.5, 0.6) is 0 Å². The Balaban J connectivity index is 1.88. The van der Waals surface area contributed by atoms with E-state index >= 15 is 0 Å². The van der Waals surface area contributed by atoms with Gasteiger partial charge in [0.25, 0.3) is 0 Å². The lowest BCUT2D eigenvalue weighted by molar-refractivity contribution is -0.131. The first-order chi connectivity index (χ1) is 7.27. The highest BCUT2D eigenvalue weighted by molar-refractivity contribution is 8.07. The Hall–Kier alpha value is 0.130. The summed E-state index contributed by atoms with van der Waals surface area (Å²) >= 11 is 3.71. The molecule has 2 saturated heterocycles. The van der Waals surface area contributed by atoms with Crippen LogP contribution in [-0.2, 0) is 4.79 Å². The Morgan fingerprint density at radius 2 is 2.27 bits per heavy atom. The second kappa shape index (κ2) is 5.46. The number of rotatable bonds is 1. The van der Waals surface area contributed by atoms with Crippen molar-refractivity contribution in [2.75, 3.05) is 30.3 Å². The van der Waals surface area contributed by atoms with Gasteiger partial charge in [0.1, 0.15) is 0 Å². The summed E-state index contributed by atoms with van der Waals surface area (Å²) in [6, 6.07) is 0.198. The highest BCUT2D eigenvalue weighted by Gasteiger charge is 2.29. The first-order valence-corrected chi connectivity index (χ1v) is 7.71. The van der Waals surface area contributed by atoms with Gasteiger partial charge in [-0.1, -0.05) is 0 Å². The van der Waals surface area contributed by atoms with Gasteiger partial charge in [0.2, 0.25) is 5.91 Å². The van der Waals surface area contributed by atoms with E-state index in [1.54, 1.807) is 0 Å². The van der Waals surface area contributed by atoms with Crippen LogP contribution < -0.4 is 5.73 Å². The van der Waals surface area contributed by atoms with E-state index in [-0.39, 0.29) is 11.3 Å². The molecule has 2 atom stereocenters. The largest absolute Gasteiger partial charge is 0.340 e. The van der Waals surface area contributed by atoms with E-state index in [1.807, 2.05) is 28.4 Å². The van der Waals surface area contributed by atoms with Gasteiger partial charge in [0.05, 0.1) is 5.25 Å². The van der Waals surface area contributed by atoms with Gasteiger partial charge in [-0.25, -0.2) is 0 Å². The number of piperidine rings is 1. The van der Waals surface area contributed by atoms with Crippen LogP contribution >= 0.6 is 23.5 Å². The zero-order chi connectivity index (χ0) is 10.7. The third-order valence-electron chi connectivity index (χ3n) is 2.86. The van der Waals surface area contributed by atoms with Crippen LogP contribution in [0.1, 0.15) is 12.8 Å². The van der Waals surface area contributed by atoms with Crippen LogP contribution in [0.3, 0.4) is 0 Å². The van der Waals surface area contributed by atoms with Crippen molar-refractivity contribution in [2.45, 2.75) is 24.1 Å². The van der Waals surface area contributed by atoms with Gasteiger partial charge in [-0.2, -0.15) is 11.8 Å². The molecule has 15 heavy (non-hydrogen) atoms. The maximum absolute atomic E-state index is 12.1. The molecule has 2 heterocycles. The minimum atomic E-state index is 0.189. The molecule has 2 rings (SSSR count). The molecule has 0 saturated carbocycles. The van der Waals surface area contributed by atoms with Crippen LogP contribution in [0.25, 0.3) is 0 Å². The molecule has 0 bridgehead atoms. The Morgan fingerprint density at radius 3 is 2.93 bits per heavy atom. The van der Waals surface area contributed by atoms with Crippen molar-refractivity contribution < 1.29 is 4.79 Å². The number of nitrogens with zero attached hydrogens (tertiary/aromatic N) is 1. The van der Waals surface area contributed by atoms with Crippen LogP contribution in [0, 0.1) is 0 Å². The summed E-state index contributed by atoms with van der Waals surface area (Å²) in [6.07, 6.45) is 2.13. The van der Waals surface area contributed by atoms with E-state index in [0.717, 1.165) is 37.4 Å². The average molecular weight is 246 g/mol. The maximum atomic E-state index is 12.1. The zero-order valence-electron chi connectivity index (χ0n) is 8.85. The number of nitrogens with two attached hydrogens (primary N) is 1. The van der Waals surface area contributed by atoms with Crippen molar-refractivity contribution >= 4 is 29.4 Å². The number of carbonyl (C=O) groups excluding carboxylic acids is 1. The van der Waals surface area contributed by atoms with Crippen molar-refractivity contribution in [2.24, 2.45) is 5.73 Å². The lowest BCUT2D eigenvalue weighted by atomic mass is 10.1. The van der Waals surface area contributed by atoms with Crippen molar-refractivity contribution in [3.63, 3.8) is 0 Å². The summed E-state index contributed by atoms with van der Waals surface area (Å²) in [5.74, 6) is 3.60. The first-order valence-electron chi connectivity index (χ1n) is 5.51. The van der Waals surface area contributed by atoms with Crippen LogP contribution in [0.4, 0.5) is 0 Å². The molecule has 5 heteroatoms. The Morgan fingerprint density at radius 1 is 1.40 bits per heavy atom. The quantitative estimate of drug-likeness (QED) is 0.743. The molecular weight excluding hydrogens is 228 g/mol. The van der Waals surface area contributed by atoms with Gasteiger partial charge in [-0.3, -0.25) is 4.79 Å². The summed E-state index contributed by atoms with van der Waals surface area (Å²) in [5.41, 5.74) is 5.89. The number of amides is 1. The molecule has 0 spiro atoms. The molecule has 2 aliphatic heterocycles. The molecule has 1 amide bonds. The van der Waals surface area contributed by atoms with Crippen molar-refractivity contribution in [3.8, 4) is 0 Å². The molecule has 1 unspecified atom stereocenters. The highest BCUT2D eigenvalue weighted by Crippen LogP contribution is 2.26. The third-order valence-corrected chi connectivity index (χ3v) is 5.60. The van der Waals surface area contributed by atoms with Crippen LogP contribution in [-0.4, -0.2) is 52.4 Å². The maximum Gasteiger partial charge on any atom is 0.236 e. The monoisotopic (exact) mass is 246 g/mol. The molecule has 3 nitrogen and oxygen atoms in total. The number of hydrogen-bond donors (Lipinski definition) is 1. The second-order valence-electron chi connectivity index (χ2n) is 4.12. The van der Waals surface area contributed by atoms with Gasteiger partial charge >= 0.3 is 0 Å². The van der Waals surface area contributed by atoms with Gasteiger partial charge in [0.15, 0.2) is 0 Å². The van der Waals surface area contributed by atoms with Crippen LogP contribution in [0.15, 0.2) is 0 Å². The lowest BCUT2D eigenvalue weighted by Crippen LogP contribution is -2.49. The minimum Gasteiger partial charge on any atom is -0.340 e. The Bertz CT molecular complexity index is 231. The van der Waals surface area contributed by atoms with Gasteiger partial charge < -0.3 is 10.6 Å². The summed E-state index contributed by atoms with van der Waals surface area (Å²) in [4.78, 5) is 14.1. The minimum absolute atomic E-state index is 0.189. The van der Waals surface area contributed by atoms with Gasteiger partial charge in [-0.05, 0) is 12.8 Å². The number of hydrogen-bond acceptors (Lipinski definition) is 4. The van der Waals surface area contributed by atoms with E-state index in [4.69, 9.17) is 5.73 Å². The number of likely N-dealkylation sites (tertiary alicyclic amines) is 1. The predicted octanol–water partition coefficient (Wildman–Crippen LogP) is 0.785. The smallest absolute Gasteiger partial charge is 0.236 e. The normalized spacial score (nSPS) is 32.7. The number of thioether (sulfide) groups is 2. The summed E-state index contributed by atoms with van der Waals surface area (Å²) in [6.45, 7) is 1.68. The molecule has 2 aliphatic rings. The summed E-state index contributed by atoms with van der Waals surface area (Å²) in [5, 5.41) is 0.189. The van der Waals surface area contributed by atoms with Crippen molar-refractivity contribution in [1.29, 1.82) is 0 Å². The van der Waals surface area contributed by atoms with E-state index in [0.29, 0.717) is 5.91 Å². The lowest BCUT2D eigenvalue weighted by Gasteiger charge is -2.34. The van der Waals surface area contributed by atoms with E-state index in [9.17, 15) is 4.79 Å². The average Bonchev–Trinajstić information content (AvgIpc) is 2.29. The zero-order valence-corrected chi connectivity index (χ0v) is 10.5. The summed E-state index contributed by atoms with van der Waals surface area (Å²) in [7, 11) is 0. The molecule has 0 aromatic carbocycles. The fourth-order valence-electron chi connectivity index (χ4n) is 2.04. The molecule has 0 aromatic rings. The van der Waals surface area contributed by atoms with E-state index in [2.05, 4.69) is 0 Å². The predicted molar refractivity (Wildman–Crippen MR) is 67.4 cm³/mol. The van der Waals surface area contributed by atoms with Crippen molar-refractivity contribution in [3.05, 3.63) is 0 Å². The molecule has 0 radical (unpaired) electrons. The van der Waals surface area contributed by atoms with Crippen molar-refractivity contribution in [1.82, 2.24) is 4.90 Å². The van der Waals surface area contributed by atoms with Gasteiger partial charge in [0, 0.05) is 36.4 Å². The molecular formula is C10H18N2OS2. The molecule has 0 aromatic heterocycles. The topological polar surface area (TPSA) is 46.3 Å². The standard InChI is InChI=1S/C10H18N2OS2/c11-8-2-1-3-12(6-8)10(13)9-7-14-4-5-15-9/h8-9H,1-7,11H2/t8-,9?/m1/s1. The second-order valence-corrected chi connectivity index (χ2v) is 6.58. The molecule has 2 N–H and O–H groups in total. The Kier molecular flexibility index (Phi) is 4.22. The van der Waals surface area contributed by atoms with E-state index in [1.165, 1.54) is 5.75 Å².